The lowest BCUT2D eigenvalue weighted by molar-refractivity contribution is -0.150. The second-order valence-electron chi connectivity index (χ2n) is 8.15. The number of nitrogens with zero attached hydrogens (tertiary/aromatic N) is 1. The van der Waals surface area contributed by atoms with Gasteiger partial charge in [-0.05, 0) is 31.5 Å². The third-order valence-corrected chi connectivity index (χ3v) is 7.30. The summed E-state index contributed by atoms with van der Waals surface area (Å²) in [6.45, 7) is 3.66. The lowest BCUT2D eigenvalue weighted by Crippen LogP contribution is -2.60. The zero-order valence-corrected chi connectivity index (χ0v) is 20.1. The molecule has 0 saturated heterocycles. The van der Waals surface area contributed by atoms with Crippen molar-refractivity contribution in [1.29, 1.82) is 0 Å². The Bertz CT molecular complexity index is 1260. The van der Waals surface area contributed by atoms with Crippen molar-refractivity contribution >= 4 is 23.3 Å². The van der Waals surface area contributed by atoms with Crippen LogP contribution in [0.1, 0.15) is 30.3 Å². The molecule has 3 unspecified atom stereocenters. The fourth-order valence-corrected chi connectivity index (χ4v) is 5.91. The third-order valence-electron chi connectivity index (χ3n) is 6.30. The minimum atomic E-state index is -1.38. The number of methoxy groups -OCH3 is 2. The Hall–Kier alpha value is -3.52. The van der Waals surface area contributed by atoms with E-state index in [2.05, 4.69) is 5.32 Å². The third kappa shape index (κ3) is 3.77. The summed E-state index contributed by atoms with van der Waals surface area (Å²) in [5.74, 6) is -2.18. The molecule has 4 rings (SSSR count). The van der Waals surface area contributed by atoms with Gasteiger partial charge in [0, 0.05) is 28.6 Å². The Labute approximate surface area is 201 Å². The molecule has 1 aliphatic heterocycles. The first kappa shape index (κ1) is 23.6. The Balaban J connectivity index is 2.01. The molecule has 34 heavy (non-hydrogen) atoms. The highest BCUT2D eigenvalue weighted by atomic mass is 32.1. The van der Waals surface area contributed by atoms with Crippen molar-refractivity contribution < 1.29 is 23.5 Å². The summed E-state index contributed by atoms with van der Waals surface area (Å²) in [4.78, 5) is 31.5. The summed E-state index contributed by atoms with van der Waals surface area (Å²) < 4.78 is 24.4. The SMILES string of the molecule is COC(=O)C1=C(C)NC(C)C(C(=O)OC)(c2nc(-c3cccc(F)c3)cs2)C1c1ccccc1. The molecule has 2 aromatic carbocycles. The number of carbonyl (C=O) groups excluding carboxylic acids is 2. The van der Waals surface area contributed by atoms with Gasteiger partial charge in [-0.15, -0.1) is 11.3 Å². The second kappa shape index (κ2) is 9.38. The predicted octanol–water partition coefficient (Wildman–Crippen LogP) is 4.58. The van der Waals surface area contributed by atoms with Gasteiger partial charge >= 0.3 is 11.9 Å². The van der Waals surface area contributed by atoms with Crippen LogP contribution in [0.15, 0.2) is 71.2 Å². The van der Waals surface area contributed by atoms with Gasteiger partial charge in [0.15, 0.2) is 5.41 Å². The summed E-state index contributed by atoms with van der Waals surface area (Å²) in [6, 6.07) is 15.0. The molecular weight excluding hydrogens is 455 g/mol. The zero-order chi connectivity index (χ0) is 24.5. The Morgan fingerprint density at radius 1 is 1.09 bits per heavy atom. The number of hydrogen-bond donors (Lipinski definition) is 1. The molecule has 8 heteroatoms. The number of aromatic nitrogens is 1. The van der Waals surface area contributed by atoms with Crippen LogP contribution in [0.4, 0.5) is 4.39 Å². The largest absolute Gasteiger partial charge is 0.468 e. The molecule has 0 bridgehead atoms. The van der Waals surface area contributed by atoms with Crippen LogP contribution >= 0.6 is 11.3 Å². The van der Waals surface area contributed by atoms with E-state index >= 15 is 0 Å². The molecule has 2 heterocycles. The van der Waals surface area contributed by atoms with Gasteiger partial charge in [0.25, 0.3) is 0 Å². The summed E-state index contributed by atoms with van der Waals surface area (Å²) in [7, 11) is 2.64. The van der Waals surface area contributed by atoms with Crippen LogP contribution < -0.4 is 5.32 Å². The predicted molar refractivity (Wildman–Crippen MR) is 128 cm³/mol. The molecule has 0 amide bonds. The number of esters is 2. The normalized spacial score (nSPS) is 22.1. The molecule has 6 nitrogen and oxygen atoms in total. The maximum absolute atomic E-state index is 13.9. The number of carbonyl (C=O) groups is 2. The van der Waals surface area contributed by atoms with Gasteiger partial charge in [-0.1, -0.05) is 42.5 Å². The molecule has 0 aliphatic carbocycles. The van der Waals surface area contributed by atoms with Crippen LogP contribution in [-0.4, -0.2) is 37.2 Å². The summed E-state index contributed by atoms with van der Waals surface area (Å²) >= 11 is 1.27. The molecule has 1 aromatic heterocycles. The van der Waals surface area contributed by atoms with Crippen molar-refractivity contribution in [3.05, 3.63) is 87.6 Å². The number of hydrogen-bond acceptors (Lipinski definition) is 7. The quantitative estimate of drug-likeness (QED) is 0.539. The van der Waals surface area contributed by atoms with Gasteiger partial charge < -0.3 is 14.8 Å². The first-order valence-corrected chi connectivity index (χ1v) is 11.6. The van der Waals surface area contributed by atoms with Gasteiger partial charge in [0.2, 0.25) is 0 Å². The highest BCUT2D eigenvalue weighted by Gasteiger charge is 2.60. The van der Waals surface area contributed by atoms with Crippen molar-refractivity contribution in [3.63, 3.8) is 0 Å². The molecule has 176 valence electrons. The zero-order valence-electron chi connectivity index (χ0n) is 19.3. The summed E-state index contributed by atoms with van der Waals surface area (Å²) in [5.41, 5.74) is 1.45. The number of thiazole rings is 1. The van der Waals surface area contributed by atoms with Crippen molar-refractivity contribution in [2.75, 3.05) is 14.2 Å². The minimum absolute atomic E-state index is 0.333. The highest BCUT2D eigenvalue weighted by Crippen LogP contribution is 2.51. The number of nitrogens with one attached hydrogen (secondary N) is 1. The van der Waals surface area contributed by atoms with Gasteiger partial charge in [-0.3, -0.25) is 4.79 Å². The van der Waals surface area contributed by atoms with E-state index in [1.54, 1.807) is 24.4 Å². The van der Waals surface area contributed by atoms with Crippen LogP contribution in [0.3, 0.4) is 0 Å². The summed E-state index contributed by atoms with van der Waals surface area (Å²) in [5, 5.41) is 5.54. The van der Waals surface area contributed by atoms with Crippen LogP contribution in [0, 0.1) is 5.82 Å². The van der Waals surface area contributed by atoms with E-state index in [4.69, 9.17) is 14.5 Å². The van der Waals surface area contributed by atoms with E-state index in [9.17, 15) is 14.0 Å². The van der Waals surface area contributed by atoms with E-state index in [-0.39, 0.29) is 5.82 Å². The average Bonchev–Trinajstić information content (AvgIpc) is 3.34. The molecular formula is C26H25FN2O4S. The number of benzene rings is 2. The number of allylic oxidation sites excluding steroid dienone is 1. The van der Waals surface area contributed by atoms with Crippen LogP contribution in [0.25, 0.3) is 11.3 Å². The van der Waals surface area contributed by atoms with E-state index in [1.165, 1.54) is 37.7 Å². The molecule has 1 aliphatic rings. The molecule has 3 atom stereocenters. The van der Waals surface area contributed by atoms with E-state index in [0.717, 1.165) is 5.56 Å². The Morgan fingerprint density at radius 3 is 2.47 bits per heavy atom. The lowest BCUT2D eigenvalue weighted by Gasteiger charge is -2.46. The van der Waals surface area contributed by atoms with Crippen LogP contribution in [0.5, 0.6) is 0 Å². The van der Waals surface area contributed by atoms with Gasteiger partial charge in [-0.2, -0.15) is 0 Å². The van der Waals surface area contributed by atoms with Crippen molar-refractivity contribution in [2.24, 2.45) is 0 Å². The van der Waals surface area contributed by atoms with Crippen molar-refractivity contribution in [3.8, 4) is 11.3 Å². The van der Waals surface area contributed by atoms with Gasteiger partial charge in [0.1, 0.15) is 10.8 Å². The van der Waals surface area contributed by atoms with E-state index in [1.807, 2.05) is 37.3 Å². The summed E-state index contributed by atoms with van der Waals surface area (Å²) in [6.07, 6.45) is 0. The topological polar surface area (TPSA) is 77.5 Å². The molecule has 0 saturated carbocycles. The van der Waals surface area contributed by atoms with Crippen molar-refractivity contribution in [2.45, 2.75) is 31.2 Å². The Kier molecular flexibility index (Phi) is 6.52. The maximum atomic E-state index is 13.9. The van der Waals surface area contributed by atoms with Crippen LogP contribution in [-0.2, 0) is 24.5 Å². The molecule has 0 radical (unpaired) electrons. The average molecular weight is 481 g/mol. The Morgan fingerprint density at radius 2 is 1.82 bits per heavy atom. The number of halogens is 1. The number of ether oxygens (including phenoxy) is 2. The van der Waals surface area contributed by atoms with Crippen LogP contribution in [0.2, 0.25) is 0 Å². The van der Waals surface area contributed by atoms with E-state index < -0.39 is 29.3 Å². The monoisotopic (exact) mass is 480 g/mol. The van der Waals surface area contributed by atoms with Crippen molar-refractivity contribution in [1.82, 2.24) is 10.3 Å². The standard InChI is InChI=1S/C26H25FN2O4S/c1-15-21(23(30)32-3)22(17-9-6-5-7-10-17)26(16(2)28-15,25(31)33-4)24-29-20(14-34-24)18-11-8-12-19(27)13-18/h5-14,16,22,28H,1-4H3. The molecule has 0 fully saturated rings. The first-order chi connectivity index (χ1) is 16.3. The molecule has 0 spiro atoms. The second-order valence-corrected chi connectivity index (χ2v) is 9.01. The highest BCUT2D eigenvalue weighted by molar-refractivity contribution is 7.10. The molecule has 1 N–H and O–H groups in total. The lowest BCUT2D eigenvalue weighted by atomic mass is 9.62. The van der Waals surface area contributed by atoms with E-state index in [0.29, 0.717) is 27.5 Å². The minimum Gasteiger partial charge on any atom is -0.468 e. The molecule has 3 aromatic rings. The maximum Gasteiger partial charge on any atom is 0.336 e. The first-order valence-electron chi connectivity index (χ1n) is 10.8. The number of rotatable bonds is 5. The van der Waals surface area contributed by atoms with Gasteiger partial charge in [0.05, 0.1) is 25.5 Å². The fourth-order valence-electron chi connectivity index (χ4n) is 4.77. The smallest absolute Gasteiger partial charge is 0.336 e. The van der Waals surface area contributed by atoms with Gasteiger partial charge in [-0.25, -0.2) is 14.2 Å². The fraction of sp³-hybridized carbons (Fsp3) is 0.269.